The molecule has 1 unspecified atom stereocenters. The van der Waals surface area contributed by atoms with Gasteiger partial charge in [0.1, 0.15) is 11.2 Å². The Morgan fingerprint density at radius 1 is 0.329 bits per heavy atom. The number of fused-ring (bicyclic) bond motifs is 16. The van der Waals surface area contributed by atoms with Gasteiger partial charge in [0.15, 0.2) is 0 Å². The Hall–Kier alpha value is -8.76. The third-order valence-corrected chi connectivity index (χ3v) is 16.3. The minimum Gasteiger partial charge on any atom is -0.455 e. The predicted molar refractivity (Wildman–Crippen MR) is 294 cm³/mol. The first-order valence-corrected chi connectivity index (χ1v) is 24.9. The van der Waals surface area contributed by atoms with Crippen molar-refractivity contribution in [2.45, 2.75) is 5.41 Å². The minimum absolute atomic E-state index is 0.572. The Morgan fingerprint density at radius 3 is 1.61 bits per heavy atom. The minimum atomic E-state index is -0.572. The summed E-state index contributed by atoms with van der Waals surface area (Å²) in [5, 5.41) is 4.86. The van der Waals surface area contributed by atoms with Gasteiger partial charge in [0.05, 0.1) is 5.41 Å². The zero-order chi connectivity index (χ0) is 45.9. The molecular weight excluding hydrogens is 867 g/mol. The summed E-state index contributed by atoms with van der Waals surface area (Å²) < 4.78 is 9.36. The second kappa shape index (κ2) is 15.1. The van der Waals surface area contributed by atoms with Gasteiger partial charge in [0, 0.05) is 59.1 Å². The molecule has 1 spiro atoms. The molecule has 0 saturated heterocycles. The van der Waals surface area contributed by atoms with Gasteiger partial charge in [-0.2, -0.15) is 0 Å². The van der Waals surface area contributed by atoms with E-state index >= 15 is 0 Å². The highest BCUT2D eigenvalue weighted by atomic mass is 32.1. The molecule has 0 aliphatic heterocycles. The lowest BCUT2D eigenvalue weighted by Crippen LogP contribution is -2.25. The van der Waals surface area contributed by atoms with E-state index < -0.39 is 5.41 Å². The van der Waals surface area contributed by atoms with E-state index in [4.69, 9.17) is 4.42 Å². The maximum Gasteiger partial charge on any atom is 0.143 e. The fourth-order valence-electron chi connectivity index (χ4n) is 12.2. The van der Waals surface area contributed by atoms with Gasteiger partial charge in [-0.25, -0.2) is 0 Å². The largest absolute Gasteiger partial charge is 0.455 e. The molecule has 2 aromatic heterocycles. The number of para-hydroxylation sites is 3. The molecule has 3 heteroatoms. The van der Waals surface area contributed by atoms with Crippen LogP contribution in [0.1, 0.15) is 22.3 Å². The zero-order valence-electron chi connectivity index (χ0n) is 37.9. The van der Waals surface area contributed by atoms with Crippen LogP contribution in [0, 0.1) is 0 Å². The highest BCUT2D eigenvalue weighted by Crippen LogP contribution is 2.66. The zero-order valence-corrected chi connectivity index (χ0v) is 38.8. The maximum absolute atomic E-state index is 6.75. The van der Waals surface area contributed by atoms with Gasteiger partial charge in [0.25, 0.3) is 0 Å². The van der Waals surface area contributed by atoms with E-state index in [9.17, 15) is 0 Å². The molecule has 2 heterocycles. The Kier molecular flexibility index (Phi) is 8.48. The van der Waals surface area contributed by atoms with E-state index in [-0.39, 0.29) is 0 Å². The second-order valence-electron chi connectivity index (χ2n) is 18.6. The summed E-state index contributed by atoms with van der Waals surface area (Å²) in [6, 6.07) is 91.6. The molecule has 1 atom stereocenters. The van der Waals surface area contributed by atoms with Crippen molar-refractivity contribution < 1.29 is 4.42 Å². The van der Waals surface area contributed by atoms with E-state index in [0.717, 1.165) is 44.6 Å². The average Bonchev–Trinajstić information content (AvgIpc) is 4.17. The first-order chi connectivity index (χ1) is 34.7. The normalized spacial score (nSPS) is 14.3. The highest BCUT2D eigenvalue weighted by molar-refractivity contribution is 7.26. The van der Waals surface area contributed by atoms with Gasteiger partial charge >= 0.3 is 0 Å². The van der Waals surface area contributed by atoms with Crippen LogP contribution in [0.3, 0.4) is 0 Å². The van der Waals surface area contributed by atoms with E-state index in [0.29, 0.717) is 0 Å². The number of hydrogen-bond donors (Lipinski definition) is 0. The molecule has 15 rings (SSSR count). The molecule has 0 saturated carbocycles. The molecule has 0 N–H and O–H groups in total. The highest BCUT2D eigenvalue weighted by Gasteiger charge is 2.53. The number of furan rings is 1. The van der Waals surface area contributed by atoms with Crippen LogP contribution in [0.4, 0.5) is 17.1 Å². The Morgan fingerprint density at radius 2 is 0.857 bits per heavy atom. The van der Waals surface area contributed by atoms with Crippen molar-refractivity contribution in [2.24, 2.45) is 0 Å². The lowest BCUT2D eigenvalue weighted by Gasteiger charge is -2.31. The maximum atomic E-state index is 6.75. The van der Waals surface area contributed by atoms with Crippen LogP contribution in [0.25, 0.3) is 97.7 Å². The smallest absolute Gasteiger partial charge is 0.143 e. The number of thiophene rings is 1. The molecule has 11 aromatic carbocycles. The van der Waals surface area contributed by atoms with Crippen molar-refractivity contribution >= 4 is 70.5 Å². The Balaban J connectivity index is 0.970. The van der Waals surface area contributed by atoms with Crippen LogP contribution >= 0.6 is 11.3 Å². The van der Waals surface area contributed by atoms with Crippen LogP contribution in [-0.2, 0) is 5.41 Å². The number of rotatable bonds is 6. The standard InChI is InChI=1S/C67H41NOS/c1-3-17-42(18-4-1)43-33-37-46(38-34-43)68(45-19-5-2-6-20-45)47-39-35-44(36-40-47)62-64-54-24-8-12-29-57(54)67(59(64)41-55-49-22-10-14-32-61(49)70-66(55)62)56-28-11-7-23-53(56)63-50(25-16-30-58(63)67)52-27-15-26-51-48-21-9-13-31-60(48)69-65(51)52/h1-41H. The summed E-state index contributed by atoms with van der Waals surface area (Å²) in [4.78, 5) is 2.36. The number of anilines is 3. The molecule has 2 aliphatic rings. The van der Waals surface area contributed by atoms with Gasteiger partial charge in [-0.15, -0.1) is 11.3 Å². The van der Waals surface area contributed by atoms with Gasteiger partial charge in [0.2, 0.25) is 0 Å². The summed E-state index contributed by atoms with van der Waals surface area (Å²) in [5.41, 5.74) is 22.2. The summed E-state index contributed by atoms with van der Waals surface area (Å²) in [6.07, 6.45) is 0. The summed E-state index contributed by atoms with van der Waals surface area (Å²) in [5.74, 6) is 0. The fraction of sp³-hybridized carbons (Fsp3) is 0.0149. The molecule has 0 amide bonds. The molecule has 2 nitrogen and oxygen atoms in total. The fourth-order valence-corrected chi connectivity index (χ4v) is 13.5. The molecular formula is C67H41NOS. The predicted octanol–water partition coefficient (Wildman–Crippen LogP) is 18.8. The molecule has 326 valence electrons. The Bertz CT molecular complexity index is 4220. The lowest BCUT2D eigenvalue weighted by molar-refractivity contribution is 0.670. The van der Waals surface area contributed by atoms with E-state index in [1.54, 1.807) is 0 Å². The van der Waals surface area contributed by atoms with Crippen LogP contribution < -0.4 is 4.90 Å². The van der Waals surface area contributed by atoms with Crippen molar-refractivity contribution in [3.05, 3.63) is 271 Å². The van der Waals surface area contributed by atoms with E-state index in [1.165, 1.54) is 92.5 Å². The van der Waals surface area contributed by atoms with Crippen LogP contribution in [0.2, 0.25) is 0 Å². The third kappa shape index (κ3) is 5.49. The van der Waals surface area contributed by atoms with Crippen LogP contribution in [0.15, 0.2) is 253 Å². The van der Waals surface area contributed by atoms with Crippen LogP contribution in [0.5, 0.6) is 0 Å². The molecule has 0 radical (unpaired) electrons. The molecule has 0 fully saturated rings. The first-order valence-electron chi connectivity index (χ1n) is 24.1. The van der Waals surface area contributed by atoms with Crippen LogP contribution in [-0.4, -0.2) is 0 Å². The summed E-state index contributed by atoms with van der Waals surface area (Å²) in [6.45, 7) is 0. The summed E-state index contributed by atoms with van der Waals surface area (Å²) >= 11 is 1.91. The molecule has 0 bridgehead atoms. The SMILES string of the molecule is c1ccc(-c2ccc(N(c3ccccc3)c3ccc(-c4c5c(cc6c4sc4ccccc46)C4(c6ccccc6-c6c(-c7cccc8c7oc7ccccc78)cccc64)c4ccccc4-5)cc3)cc2)cc1. The average molecular weight is 908 g/mol. The topological polar surface area (TPSA) is 16.4 Å². The quantitative estimate of drug-likeness (QED) is 0.165. The van der Waals surface area contributed by atoms with E-state index in [2.05, 4.69) is 254 Å². The third-order valence-electron chi connectivity index (χ3n) is 15.1. The monoisotopic (exact) mass is 907 g/mol. The van der Waals surface area contributed by atoms with Crippen molar-refractivity contribution in [2.75, 3.05) is 4.90 Å². The molecule has 13 aromatic rings. The lowest BCUT2D eigenvalue weighted by atomic mass is 9.70. The second-order valence-corrected chi connectivity index (χ2v) is 19.7. The number of nitrogens with zero attached hydrogens (tertiary/aromatic N) is 1. The van der Waals surface area contributed by atoms with Gasteiger partial charge < -0.3 is 9.32 Å². The van der Waals surface area contributed by atoms with Gasteiger partial charge in [-0.05, 0) is 121 Å². The van der Waals surface area contributed by atoms with E-state index in [1.807, 2.05) is 11.3 Å². The summed E-state index contributed by atoms with van der Waals surface area (Å²) in [7, 11) is 0. The van der Waals surface area contributed by atoms with Crippen molar-refractivity contribution in [1.82, 2.24) is 0 Å². The van der Waals surface area contributed by atoms with Gasteiger partial charge in [-0.3, -0.25) is 0 Å². The molecule has 70 heavy (non-hydrogen) atoms. The van der Waals surface area contributed by atoms with Crippen molar-refractivity contribution in [3.8, 4) is 55.6 Å². The van der Waals surface area contributed by atoms with Gasteiger partial charge in [-0.1, -0.05) is 194 Å². The Labute approximate surface area is 409 Å². The molecule has 2 aliphatic carbocycles. The number of hydrogen-bond acceptors (Lipinski definition) is 3. The van der Waals surface area contributed by atoms with Crippen molar-refractivity contribution in [3.63, 3.8) is 0 Å². The first kappa shape index (κ1) is 39.3. The number of benzene rings is 11. The van der Waals surface area contributed by atoms with Crippen molar-refractivity contribution in [1.29, 1.82) is 0 Å².